The lowest BCUT2D eigenvalue weighted by Crippen LogP contribution is -2.26. The Hall–Kier alpha value is 0.0700. The quantitative estimate of drug-likeness (QED) is 0.638. The average Bonchev–Trinajstić information content (AvgIpc) is 2.31. The summed E-state index contributed by atoms with van der Waals surface area (Å²) < 4.78 is 13.7. The predicted molar refractivity (Wildman–Crippen MR) is 78.1 cm³/mol. The van der Waals surface area contributed by atoms with Gasteiger partial charge in [0.25, 0.3) is 0 Å². The van der Waals surface area contributed by atoms with Gasteiger partial charge in [0.1, 0.15) is 5.82 Å². The van der Waals surface area contributed by atoms with E-state index in [9.17, 15) is 4.39 Å². The summed E-state index contributed by atoms with van der Waals surface area (Å²) in [4.78, 5) is 2.39. The summed E-state index contributed by atoms with van der Waals surface area (Å²) >= 11 is 6.70. The van der Waals surface area contributed by atoms with Crippen molar-refractivity contribution in [3.8, 4) is 0 Å². The van der Waals surface area contributed by atoms with Gasteiger partial charge in [-0.05, 0) is 46.6 Å². The maximum Gasteiger partial charge on any atom is 0.137 e. The van der Waals surface area contributed by atoms with Gasteiger partial charge in [-0.1, -0.05) is 35.3 Å². The number of halogens is 3. The zero-order chi connectivity index (χ0) is 12.7. The van der Waals surface area contributed by atoms with Crippen LogP contribution < -0.4 is 0 Å². The number of alkyl halides is 1. The highest BCUT2D eigenvalue weighted by Gasteiger charge is 2.06. The van der Waals surface area contributed by atoms with Crippen molar-refractivity contribution >= 4 is 31.9 Å². The van der Waals surface area contributed by atoms with Crippen molar-refractivity contribution in [2.75, 3.05) is 18.4 Å². The van der Waals surface area contributed by atoms with Crippen LogP contribution in [-0.2, 0) is 6.54 Å². The van der Waals surface area contributed by atoms with Crippen LogP contribution in [0.5, 0.6) is 0 Å². The van der Waals surface area contributed by atoms with Gasteiger partial charge in [0.05, 0.1) is 4.47 Å². The van der Waals surface area contributed by atoms with E-state index in [1.165, 1.54) is 18.9 Å². The number of hydrogen-bond acceptors (Lipinski definition) is 1. The van der Waals surface area contributed by atoms with Gasteiger partial charge in [-0.15, -0.1) is 0 Å². The molecule has 0 aliphatic carbocycles. The molecule has 4 heteroatoms. The molecule has 1 aromatic carbocycles. The molecule has 0 N–H and O–H groups in total. The molecule has 0 heterocycles. The first-order valence-electron chi connectivity index (χ1n) is 5.89. The molecule has 0 aliphatic heterocycles. The molecule has 0 fully saturated rings. The summed E-state index contributed by atoms with van der Waals surface area (Å²) in [6.45, 7) is 5.19. The van der Waals surface area contributed by atoms with Crippen LogP contribution in [0, 0.1) is 5.82 Å². The number of benzene rings is 1. The number of nitrogens with zero attached hydrogens (tertiary/aromatic N) is 1. The second kappa shape index (κ2) is 8.22. The molecule has 1 aromatic rings. The van der Waals surface area contributed by atoms with Crippen LogP contribution >= 0.6 is 31.9 Å². The Bertz CT molecular complexity index is 344. The first-order valence-corrected chi connectivity index (χ1v) is 7.81. The Morgan fingerprint density at radius 1 is 1.29 bits per heavy atom. The normalized spacial score (nSPS) is 11.1. The van der Waals surface area contributed by atoms with Crippen molar-refractivity contribution < 1.29 is 4.39 Å². The zero-order valence-electron chi connectivity index (χ0n) is 10.1. The van der Waals surface area contributed by atoms with Crippen molar-refractivity contribution in [1.82, 2.24) is 4.90 Å². The highest BCUT2D eigenvalue weighted by atomic mass is 79.9. The number of unbranched alkanes of at least 4 members (excludes halogenated alkanes) is 1. The minimum atomic E-state index is -0.200. The Labute approximate surface area is 120 Å². The second-order valence-corrected chi connectivity index (χ2v) is 5.71. The standard InChI is InChI=1S/C13H18Br2FN/c1-2-3-7-17(8-6-14)10-11-4-5-13(16)12(15)9-11/h4-5,9H,2-3,6-8,10H2,1H3. The summed E-state index contributed by atoms with van der Waals surface area (Å²) in [7, 11) is 0. The minimum Gasteiger partial charge on any atom is -0.298 e. The number of hydrogen-bond donors (Lipinski definition) is 0. The van der Waals surface area contributed by atoms with Gasteiger partial charge in [0.2, 0.25) is 0 Å². The Kier molecular flexibility index (Phi) is 7.32. The van der Waals surface area contributed by atoms with Crippen molar-refractivity contribution in [2.45, 2.75) is 26.3 Å². The first kappa shape index (κ1) is 15.1. The third-order valence-electron chi connectivity index (χ3n) is 2.62. The molecule has 0 radical (unpaired) electrons. The van der Waals surface area contributed by atoms with Crippen molar-refractivity contribution in [1.29, 1.82) is 0 Å². The molecule has 0 saturated heterocycles. The molecular formula is C13H18Br2FN. The number of rotatable bonds is 7. The van der Waals surface area contributed by atoms with Gasteiger partial charge < -0.3 is 0 Å². The van der Waals surface area contributed by atoms with Crippen molar-refractivity contribution in [2.24, 2.45) is 0 Å². The Balaban J connectivity index is 2.61. The van der Waals surface area contributed by atoms with Gasteiger partial charge >= 0.3 is 0 Å². The van der Waals surface area contributed by atoms with Gasteiger partial charge in [0, 0.05) is 18.4 Å². The largest absolute Gasteiger partial charge is 0.298 e. The van der Waals surface area contributed by atoms with Crippen LogP contribution in [0.15, 0.2) is 22.7 Å². The van der Waals surface area contributed by atoms with E-state index in [2.05, 4.69) is 43.7 Å². The first-order chi connectivity index (χ1) is 8.17. The lowest BCUT2D eigenvalue weighted by atomic mass is 10.2. The van der Waals surface area contributed by atoms with Gasteiger partial charge in [0.15, 0.2) is 0 Å². The highest BCUT2D eigenvalue weighted by Crippen LogP contribution is 2.18. The van der Waals surface area contributed by atoms with E-state index in [-0.39, 0.29) is 5.82 Å². The molecule has 0 aliphatic rings. The van der Waals surface area contributed by atoms with E-state index in [1.54, 1.807) is 0 Å². The van der Waals surface area contributed by atoms with Gasteiger partial charge in [-0.25, -0.2) is 4.39 Å². The fourth-order valence-electron chi connectivity index (χ4n) is 1.67. The summed E-state index contributed by atoms with van der Waals surface area (Å²) in [5, 5.41) is 0.971. The summed E-state index contributed by atoms with van der Waals surface area (Å²) in [6.07, 6.45) is 2.40. The third-order valence-corrected chi connectivity index (χ3v) is 3.58. The fraction of sp³-hybridized carbons (Fsp3) is 0.538. The average molecular weight is 367 g/mol. The van der Waals surface area contributed by atoms with Crippen LogP contribution in [0.1, 0.15) is 25.3 Å². The minimum absolute atomic E-state index is 0.200. The van der Waals surface area contributed by atoms with Gasteiger partial charge in [-0.2, -0.15) is 0 Å². The Morgan fingerprint density at radius 3 is 2.65 bits per heavy atom. The monoisotopic (exact) mass is 365 g/mol. The van der Waals surface area contributed by atoms with E-state index < -0.39 is 0 Å². The van der Waals surface area contributed by atoms with Crippen LogP contribution in [0.4, 0.5) is 4.39 Å². The molecule has 0 spiro atoms. The van der Waals surface area contributed by atoms with Crippen LogP contribution in [-0.4, -0.2) is 23.3 Å². The van der Waals surface area contributed by atoms with E-state index in [0.29, 0.717) is 4.47 Å². The predicted octanol–water partition coefficient (Wildman–Crippen LogP) is 4.59. The van der Waals surface area contributed by atoms with E-state index in [4.69, 9.17) is 0 Å². The molecule has 0 bridgehead atoms. The van der Waals surface area contributed by atoms with Gasteiger partial charge in [-0.3, -0.25) is 4.90 Å². The third kappa shape index (κ3) is 5.49. The second-order valence-electron chi connectivity index (χ2n) is 4.07. The summed E-state index contributed by atoms with van der Waals surface area (Å²) in [6, 6.07) is 5.24. The molecule has 0 saturated carbocycles. The molecule has 17 heavy (non-hydrogen) atoms. The molecule has 96 valence electrons. The Morgan fingerprint density at radius 2 is 2.06 bits per heavy atom. The van der Waals surface area contributed by atoms with Crippen LogP contribution in [0.3, 0.4) is 0 Å². The SMILES string of the molecule is CCCCN(CCBr)Cc1ccc(F)c(Br)c1. The lowest BCUT2D eigenvalue weighted by molar-refractivity contribution is 0.278. The van der Waals surface area contributed by atoms with Crippen molar-refractivity contribution in [3.05, 3.63) is 34.1 Å². The lowest BCUT2D eigenvalue weighted by Gasteiger charge is -2.21. The molecule has 1 rings (SSSR count). The summed E-state index contributed by atoms with van der Waals surface area (Å²) in [5.74, 6) is -0.200. The van der Waals surface area contributed by atoms with E-state index >= 15 is 0 Å². The topological polar surface area (TPSA) is 3.24 Å². The zero-order valence-corrected chi connectivity index (χ0v) is 13.2. The van der Waals surface area contributed by atoms with E-state index in [0.717, 1.165) is 30.5 Å². The van der Waals surface area contributed by atoms with E-state index in [1.807, 2.05) is 12.1 Å². The van der Waals surface area contributed by atoms with Crippen LogP contribution in [0.2, 0.25) is 0 Å². The smallest absolute Gasteiger partial charge is 0.137 e. The van der Waals surface area contributed by atoms with Crippen LogP contribution in [0.25, 0.3) is 0 Å². The van der Waals surface area contributed by atoms with Crippen molar-refractivity contribution in [3.63, 3.8) is 0 Å². The maximum atomic E-state index is 13.1. The summed E-state index contributed by atoms with van der Waals surface area (Å²) in [5.41, 5.74) is 1.15. The molecule has 1 nitrogen and oxygen atoms in total. The fourth-order valence-corrected chi connectivity index (χ4v) is 2.60. The molecular weight excluding hydrogens is 349 g/mol. The molecule has 0 atom stereocenters. The molecule has 0 amide bonds. The highest BCUT2D eigenvalue weighted by molar-refractivity contribution is 9.10. The molecule has 0 unspecified atom stereocenters. The molecule has 0 aromatic heterocycles. The maximum absolute atomic E-state index is 13.1.